The Morgan fingerprint density at radius 3 is 2.56 bits per heavy atom. The molecule has 0 amide bonds. The molecule has 3 heteroatoms. The van der Waals surface area contributed by atoms with Crippen molar-refractivity contribution in [3.8, 4) is 5.75 Å². The number of likely N-dealkylation sites (N-methyl/N-ethyl adjacent to an activating group) is 1. The minimum Gasteiger partial charge on any atom is -0.497 e. The lowest BCUT2D eigenvalue weighted by Gasteiger charge is -2.17. The average molecular weight is 246 g/mol. The van der Waals surface area contributed by atoms with E-state index in [2.05, 4.69) is 47.7 Å². The zero-order valence-corrected chi connectivity index (χ0v) is 11.5. The second-order valence-corrected chi connectivity index (χ2v) is 4.48. The van der Waals surface area contributed by atoms with Crippen LogP contribution < -0.4 is 4.74 Å². The van der Waals surface area contributed by atoms with Crippen molar-refractivity contribution in [3.05, 3.63) is 36.2 Å². The van der Waals surface area contributed by atoms with E-state index in [0.717, 1.165) is 31.8 Å². The van der Waals surface area contributed by atoms with Crippen LogP contribution in [0.25, 0.3) is 5.52 Å². The standard InChI is InChI=1S/C15H22N2O/c1-4-16(5-2)9-6-13-7-10-17-11-8-14(18-3)12-15(13)17/h7-8,10-12H,4-6,9H2,1-3H3. The van der Waals surface area contributed by atoms with Crippen LogP contribution in [-0.4, -0.2) is 36.0 Å². The van der Waals surface area contributed by atoms with Crippen molar-refractivity contribution in [2.45, 2.75) is 20.3 Å². The van der Waals surface area contributed by atoms with Crippen molar-refractivity contribution in [2.75, 3.05) is 26.7 Å². The number of fused-ring (bicyclic) bond motifs is 1. The van der Waals surface area contributed by atoms with E-state index in [1.54, 1.807) is 7.11 Å². The molecule has 0 spiro atoms. The number of ether oxygens (including phenoxy) is 1. The van der Waals surface area contributed by atoms with Gasteiger partial charge in [0.25, 0.3) is 0 Å². The molecule has 2 heterocycles. The lowest BCUT2D eigenvalue weighted by molar-refractivity contribution is 0.308. The quantitative estimate of drug-likeness (QED) is 0.779. The van der Waals surface area contributed by atoms with Crippen LogP contribution in [0.15, 0.2) is 30.6 Å². The van der Waals surface area contributed by atoms with Gasteiger partial charge in [0, 0.05) is 25.0 Å². The van der Waals surface area contributed by atoms with E-state index in [1.165, 1.54) is 11.1 Å². The van der Waals surface area contributed by atoms with Gasteiger partial charge >= 0.3 is 0 Å². The zero-order valence-electron chi connectivity index (χ0n) is 11.5. The third-order valence-corrected chi connectivity index (χ3v) is 3.55. The molecule has 0 fully saturated rings. The summed E-state index contributed by atoms with van der Waals surface area (Å²) in [5.74, 6) is 0.922. The normalized spacial score (nSPS) is 11.3. The molecule has 2 aromatic heterocycles. The lowest BCUT2D eigenvalue weighted by Crippen LogP contribution is -2.25. The highest BCUT2D eigenvalue weighted by Gasteiger charge is 2.06. The molecule has 0 aliphatic heterocycles. The predicted octanol–water partition coefficient (Wildman–Crippen LogP) is 2.83. The van der Waals surface area contributed by atoms with Gasteiger partial charge in [0.1, 0.15) is 5.75 Å². The molecule has 0 bridgehead atoms. The van der Waals surface area contributed by atoms with Gasteiger partial charge in [0.15, 0.2) is 0 Å². The monoisotopic (exact) mass is 246 g/mol. The first kappa shape index (κ1) is 13.0. The molecule has 0 radical (unpaired) electrons. The third-order valence-electron chi connectivity index (χ3n) is 3.55. The van der Waals surface area contributed by atoms with Crippen LogP contribution in [0.4, 0.5) is 0 Å². The Labute approximate surface area is 109 Å². The van der Waals surface area contributed by atoms with Crippen LogP contribution in [0.3, 0.4) is 0 Å². The number of hydrogen-bond donors (Lipinski definition) is 0. The van der Waals surface area contributed by atoms with Crippen molar-refractivity contribution in [1.29, 1.82) is 0 Å². The smallest absolute Gasteiger partial charge is 0.122 e. The summed E-state index contributed by atoms with van der Waals surface area (Å²) in [5, 5.41) is 0. The maximum absolute atomic E-state index is 5.29. The number of aromatic nitrogens is 1. The molecular formula is C15H22N2O. The summed E-state index contributed by atoms with van der Waals surface area (Å²) in [7, 11) is 1.71. The van der Waals surface area contributed by atoms with Crippen molar-refractivity contribution >= 4 is 5.52 Å². The summed E-state index contributed by atoms with van der Waals surface area (Å²) in [6.45, 7) is 7.77. The Morgan fingerprint density at radius 1 is 1.17 bits per heavy atom. The van der Waals surface area contributed by atoms with Gasteiger partial charge in [0.05, 0.1) is 12.6 Å². The molecule has 3 nitrogen and oxygen atoms in total. The highest BCUT2D eigenvalue weighted by atomic mass is 16.5. The second kappa shape index (κ2) is 5.91. The fourth-order valence-corrected chi connectivity index (χ4v) is 2.29. The van der Waals surface area contributed by atoms with Gasteiger partial charge < -0.3 is 14.0 Å². The van der Waals surface area contributed by atoms with Crippen LogP contribution in [-0.2, 0) is 6.42 Å². The van der Waals surface area contributed by atoms with Gasteiger partial charge in [-0.1, -0.05) is 13.8 Å². The number of hydrogen-bond acceptors (Lipinski definition) is 2. The number of pyridine rings is 1. The molecule has 2 aromatic rings. The van der Waals surface area contributed by atoms with Crippen molar-refractivity contribution in [1.82, 2.24) is 9.30 Å². The molecular weight excluding hydrogens is 224 g/mol. The zero-order chi connectivity index (χ0) is 13.0. The lowest BCUT2D eigenvalue weighted by atomic mass is 10.2. The molecule has 0 unspecified atom stereocenters. The maximum atomic E-state index is 5.29. The van der Waals surface area contributed by atoms with E-state index in [-0.39, 0.29) is 0 Å². The van der Waals surface area contributed by atoms with Crippen molar-refractivity contribution in [2.24, 2.45) is 0 Å². The summed E-state index contributed by atoms with van der Waals surface area (Å²) >= 11 is 0. The molecule has 2 rings (SSSR count). The van der Waals surface area contributed by atoms with Crippen LogP contribution in [0.1, 0.15) is 19.4 Å². The summed E-state index contributed by atoms with van der Waals surface area (Å²) in [6.07, 6.45) is 5.26. The molecule has 0 saturated carbocycles. The predicted molar refractivity (Wildman–Crippen MR) is 75.4 cm³/mol. The number of rotatable bonds is 6. The van der Waals surface area contributed by atoms with Gasteiger partial charge in [-0.15, -0.1) is 0 Å². The number of methoxy groups -OCH3 is 1. The number of nitrogens with zero attached hydrogens (tertiary/aromatic N) is 2. The van der Waals surface area contributed by atoms with Gasteiger partial charge in [-0.05, 0) is 37.2 Å². The van der Waals surface area contributed by atoms with Crippen molar-refractivity contribution in [3.63, 3.8) is 0 Å². The Kier molecular flexibility index (Phi) is 4.26. The minimum absolute atomic E-state index is 0.922. The molecule has 0 N–H and O–H groups in total. The Hall–Kier alpha value is -1.48. The summed E-state index contributed by atoms with van der Waals surface area (Å²) < 4.78 is 7.44. The largest absolute Gasteiger partial charge is 0.497 e. The summed E-state index contributed by atoms with van der Waals surface area (Å²) in [4.78, 5) is 2.45. The minimum atomic E-state index is 0.922. The molecule has 0 aliphatic rings. The molecule has 18 heavy (non-hydrogen) atoms. The van der Waals surface area contributed by atoms with Crippen LogP contribution in [0.2, 0.25) is 0 Å². The SMILES string of the molecule is CCN(CC)CCc1ccn2ccc(OC)cc12. The summed E-state index contributed by atoms with van der Waals surface area (Å²) in [6, 6.07) is 6.30. The van der Waals surface area contributed by atoms with Gasteiger partial charge in [0.2, 0.25) is 0 Å². The average Bonchev–Trinajstić information content (AvgIpc) is 2.82. The van der Waals surface area contributed by atoms with E-state index >= 15 is 0 Å². The van der Waals surface area contributed by atoms with Crippen LogP contribution >= 0.6 is 0 Å². The molecule has 0 aromatic carbocycles. The Bertz CT molecular complexity index is 500. The second-order valence-electron chi connectivity index (χ2n) is 4.48. The Balaban J connectivity index is 2.17. The van der Waals surface area contributed by atoms with E-state index in [0.29, 0.717) is 0 Å². The fourth-order valence-electron chi connectivity index (χ4n) is 2.29. The molecule has 0 saturated heterocycles. The molecule has 98 valence electrons. The third kappa shape index (κ3) is 2.67. The molecule has 0 atom stereocenters. The maximum Gasteiger partial charge on any atom is 0.122 e. The molecule has 0 aliphatic carbocycles. The van der Waals surface area contributed by atoms with Gasteiger partial charge in [-0.2, -0.15) is 0 Å². The summed E-state index contributed by atoms with van der Waals surface area (Å²) in [5.41, 5.74) is 2.64. The van der Waals surface area contributed by atoms with E-state index in [4.69, 9.17) is 4.74 Å². The van der Waals surface area contributed by atoms with E-state index < -0.39 is 0 Å². The van der Waals surface area contributed by atoms with E-state index in [9.17, 15) is 0 Å². The first-order valence-electron chi connectivity index (χ1n) is 6.64. The highest BCUT2D eigenvalue weighted by molar-refractivity contribution is 5.58. The first-order valence-corrected chi connectivity index (χ1v) is 6.64. The highest BCUT2D eigenvalue weighted by Crippen LogP contribution is 2.19. The Morgan fingerprint density at radius 2 is 1.89 bits per heavy atom. The fraction of sp³-hybridized carbons (Fsp3) is 0.467. The van der Waals surface area contributed by atoms with Crippen LogP contribution in [0.5, 0.6) is 5.75 Å². The topological polar surface area (TPSA) is 16.9 Å². The van der Waals surface area contributed by atoms with Gasteiger partial charge in [-0.3, -0.25) is 0 Å². The van der Waals surface area contributed by atoms with Crippen LogP contribution in [0, 0.1) is 0 Å². The first-order chi connectivity index (χ1) is 8.78. The van der Waals surface area contributed by atoms with Gasteiger partial charge in [-0.25, -0.2) is 0 Å². The van der Waals surface area contributed by atoms with E-state index in [1.807, 2.05) is 6.07 Å². The van der Waals surface area contributed by atoms with Crippen molar-refractivity contribution < 1.29 is 4.74 Å².